The summed E-state index contributed by atoms with van der Waals surface area (Å²) in [6, 6.07) is 6.44. The standard InChI is InChI=1S/C11H11ClN2O3S/c1-2-13-11(8-4-5-9(12)18-8)7-3-6-10(17-7)14(15)16/h3-6,11,13H,2H2,1H3. The fourth-order valence-electron chi connectivity index (χ4n) is 1.62. The summed E-state index contributed by atoms with van der Waals surface area (Å²) in [5.74, 6) is 0.262. The Kier molecular flexibility index (Phi) is 4.00. The first kappa shape index (κ1) is 13.1. The Labute approximate surface area is 113 Å². The molecule has 0 aliphatic rings. The van der Waals surface area contributed by atoms with Crippen LogP contribution in [0.3, 0.4) is 0 Å². The molecule has 2 rings (SSSR count). The number of hydrogen-bond donors (Lipinski definition) is 1. The van der Waals surface area contributed by atoms with E-state index in [0.29, 0.717) is 16.6 Å². The Morgan fingerprint density at radius 2 is 2.28 bits per heavy atom. The van der Waals surface area contributed by atoms with Crippen molar-refractivity contribution < 1.29 is 9.34 Å². The maximum Gasteiger partial charge on any atom is 0.433 e. The summed E-state index contributed by atoms with van der Waals surface area (Å²) in [7, 11) is 0. The van der Waals surface area contributed by atoms with Gasteiger partial charge in [0.1, 0.15) is 16.7 Å². The number of rotatable bonds is 5. The van der Waals surface area contributed by atoms with Crippen molar-refractivity contribution in [3.05, 3.63) is 49.4 Å². The third-order valence-electron chi connectivity index (χ3n) is 2.36. The van der Waals surface area contributed by atoms with Gasteiger partial charge in [-0.25, -0.2) is 0 Å². The molecule has 0 aliphatic heterocycles. The van der Waals surface area contributed by atoms with Gasteiger partial charge >= 0.3 is 5.88 Å². The molecule has 0 aromatic carbocycles. The highest BCUT2D eigenvalue weighted by Crippen LogP contribution is 2.32. The lowest BCUT2D eigenvalue weighted by atomic mass is 10.2. The number of halogens is 1. The topological polar surface area (TPSA) is 68.3 Å². The van der Waals surface area contributed by atoms with Crippen LogP contribution in [0.15, 0.2) is 28.7 Å². The first-order chi connectivity index (χ1) is 8.61. The molecular weight excluding hydrogens is 276 g/mol. The number of nitrogens with zero attached hydrogens (tertiary/aromatic N) is 1. The molecule has 7 heteroatoms. The summed E-state index contributed by atoms with van der Waals surface area (Å²) in [5, 5.41) is 13.8. The Balaban J connectivity index is 2.31. The molecule has 0 fully saturated rings. The summed E-state index contributed by atoms with van der Waals surface area (Å²) in [6.45, 7) is 2.67. The van der Waals surface area contributed by atoms with E-state index in [1.807, 2.05) is 13.0 Å². The molecule has 2 aromatic heterocycles. The van der Waals surface area contributed by atoms with Gasteiger partial charge in [0.25, 0.3) is 0 Å². The lowest BCUT2D eigenvalue weighted by molar-refractivity contribution is -0.402. The molecule has 1 atom stereocenters. The Morgan fingerprint density at radius 3 is 2.78 bits per heavy atom. The van der Waals surface area contributed by atoms with Gasteiger partial charge in [-0.05, 0) is 24.7 Å². The molecular formula is C11H11ClN2O3S. The highest BCUT2D eigenvalue weighted by atomic mass is 35.5. The van der Waals surface area contributed by atoms with Crippen LogP contribution < -0.4 is 5.32 Å². The summed E-state index contributed by atoms with van der Waals surface area (Å²) in [5.41, 5.74) is 0. The first-order valence-electron chi connectivity index (χ1n) is 5.34. The van der Waals surface area contributed by atoms with Gasteiger partial charge in [0, 0.05) is 4.88 Å². The van der Waals surface area contributed by atoms with E-state index in [-0.39, 0.29) is 11.9 Å². The Bertz CT molecular complexity index is 552. The van der Waals surface area contributed by atoms with Gasteiger partial charge in [-0.1, -0.05) is 18.5 Å². The molecule has 0 bridgehead atoms. The first-order valence-corrected chi connectivity index (χ1v) is 6.54. The Hall–Kier alpha value is -1.37. The lowest BCUT2D eigenvalue weighted by Crippen LogP contribution is -2.20. The van der Waals surface area contributed by atoms with Gasteiger partial charge in [0.05, 0.1) is 10.4 Å². The highest BCUT2D eigenvalue weighted by molar-refractivity contribution is 7.16. The second-order valence-corrected chi connectivity index (χ2v) is 5.31. The molecule has 5 nitrogen and oxygen atoms in total. The van der Waals surface area contributed by atoms with Gasteiger partial charge in [0.2, 0.25) is 0 Å². The molecule has 18 heavy (non-hydrogen) atoms. The van der Waals surface area contributed by atoms with Gasteiger partial charge in [-0.3, -0.25) is 10.1 Å². The van der Waals surface area contributed by atoms with Crippen molar-refractivity contribution in [1.29, 1.82) is 0 Å². The Morgan fingerprint density at radius 1 is 1.50 bits per heavy atom. The zero-order valence-electron chi connectivity index (χ0n) is 9.55. The second kappa shape index (κ2) is 5.51. The quantitative estimate of drug-likeness (QED) is 0.673. The minimum atomic E-state index is -0.548. The van der Waals surface area contributed by atoms with Crippen LogP contribution in [-0.2, 0) is 0 Å². The van der Waals surface area contributed by atoms with Crippen LogP contribution in [0.1, 0.15) is 23.6 Å². The zero-order chi connectivity index (χ0) is 13.1. The summed E-state index contributed by atoms with van der Waals surface area (Å²) < 4.78 is 5.90. The SMILES string of the molecule is CCNC(c1ccc([N+](=O)[O-])o1)c1ccc(Cl)s1. The van der Waals surface area contributed by atoms with Crippen molar-refractivity contribution in [3.63, 3.8) is 0 Å². The molecule has 96 valence electrons. The normalized spacial score (nSPS) is 12.6. The summed E-state index contributed by atoms with van der Waals surface area (Å²) in [6.07, 6.45) is 0. The minimum absolute atomic E-state index is 0.207. The molecule has 0 radical (unpaired) electrons. The van der Waals surface area contributed by atoms with Crippen LogP contribution in [0.5, 0.6) is 0 Å². The van der Waals surface area contributed by atoms with Crippen molar-refractivity contribution in [2.24, 2.45) is 0 Å². The van der Waals surface area contributed by atoms with E-state index >= 15 is 0 Å². The van der Waals surface area contributed by atoms with Crippen LogP contribution in [0.25, 0.3) is 0 Å². The van der Waals surface area contributed by atoms with E-state index in [9.17, 15) is 10.1 Å². The molecule has 0 amide bonds. The maximum absolute atomic E-state index is 10.6. The van der Waals surface area contributed by atoms with Crippen molar-refractivity contribution >= 4 is 28.8 Å². The maximum atomic E-state index is 10.6. The van der Waals surface area contributed by atoms with Gasteiger partial charge in [0.15, 0.2) is 0 Å². The van der Waals surface area contributed by atoms with Crippen molar-refractivity contribution in [1.82, 2.24) is 5.32 Å². The molecule has 0 saturated heterocycles. The smallest absolute Gasteiger partial charge is 0.404 e. The van der Waals surface area contributed by atoms with Crippen LogP contribution >= 0.6 is 22.9 Å². The molecule has 0 saturated carbocycles. The summed E-state index contributed by atoms with van der Waals surface area (Å²) >= 11 is 7.32. The fourth-order valence-corrected chi connectivity index (χ4v) is 2.77. The molecule has 1 unspecified atom stereocenters. The monoisotopic (exact) mass is 286 g/mol. The van der Waals surface area contributed by atoms with Crippen molar-refractivity contribution in [2.45, 2.75) is 13.0 Å². The predicted molar refractivity (Wildman–Crippen MR) is 70.2 cm³/mol. The van der Waals surface area contributed by atoms with E-state index < -0.39 is 4.92 Å². The van der Waals surface area contributed by atoms with E-state index in [4.69, 9.17) is 16.0 Å². The van der Waals surface area contributed by atoms with Crippen molar-refractivity contribution in [3.8, 4) is 0 Å². The fraction of sp³-hybridized carbons (Fsp3) is 0.273. The third kappa shape index (κ3) is 2.72. The van der Waals surface area contributed by atoms with E-state index in [2.05, 4.69) is 5.32 Å². The number of furan rings is 1. The molecule has 0 spiro atoms. The van der Waals surface area contributed by atoms with Crippen LogP contribution in [0.4, 0.5) is 5.88 Å². The number of thiophene rings is 1. The second-order valence-electron chi connectivity index (χ2n) is 3.57. The van der Waals surface area contributed by atoms with Gasteiger partial charge in [-0.2, -0.15) is 0 Å². The number of nitro groups is 1. The predicted octanol–water partition coefficient (Wildman–Crippen LogP) is 3.60. The molecule has 0 aliphatic carbocycles. The van der Waals surface area contributed by atoms with Gasteiger partial charge in [-0.15, -0.1) is 11.3 Å². The summed E-state index contributed by atoms with van der Waals surface area (Å²) in [4.78, 5) is 11.0. The number of nitrogens with one attached hydrogen (secondary N) is 1. The molecule has 2 heterocycles. The third-order valence-corrected chi connectivity index (χ3v) is 3.66. The minimum Gasteiger partial charge on any atom is -0.404 e. The molecule has 2 aromatic rings. The highest BCUT2D eigenvalue weighted by Gasteiger charge is 2.21. The van der Waals surface area contributed by atoms with E-state index in [1.165, 1.54) is 17.4 Å². The van der Waals surface area contributed by atoms with E-state index in [0.717, 1.165) is 4.88 Å². The van der Waals surface area contributed by atoms with Crippen LogP contribution in [0, 0.1) is 10.1 Å². The molecule has 1 N–H and O–H groups in total. The zero-order valence-corrected chi connectivity index (χ0v) is 11.1. The lowest BCUT2D eigenvalue weighted by Gasteiger charge is -2.12. The van der Waals surface area contributed by atoms with Crippen molar-refractivity contribution in [2.75, 3.05) is 6.54 Å². The van der Waals surface area contributed by atoms with Crippen LogP contribution in [0.2, 0.25) is 4.34 Å². The number of hydrogen-bond acceptors (Lipinski definition) is 5. The van der Waals surface area contributed by atoms with Crippen LogP contribution in [-0.4, -0.2) is 11.5 Å². The van der Waals surface area contributed by atoms with Gasteiger partial charge < -0.3 is 9.73 Å². The average Bonchev–Trinajstić information content (AvgIpc) is 2.94. The van der Waals surface area contributed by atoms with E-state index in [1.54, 1.807) is 12.1 Å². The average molecular weight is 287 g/mol. The largest absolute Gasteiger partial charge is 0.433 e.